The Morgan fingerprint density at radius 2 is 1.81 bits per heavy atom. The van der Waals surface area contributed by atoms with E-state index in [4.69, 9.17) is 0 Å². The molecule has 4 nitrogen and oxygen atoms in total. The van der Waals surface area contributed by atoms with Crippen LogP contribution in [0.3, 0.4) is 0 Å². The third kappa shape index (κ3) is 5.52. The van der Waals surface area contributed by atoms with Gasteiger partial charge in [-0.1, -0.05) is 29.5 Å². The van der Waals surface area contributed by atoms with Gasteiger partial charge in [0.25, 0.3) is 0 Å². The largest absolute Gasteiger partial charge is 0.355 e. The van der Waals surface area contributed by atoms with Crippen molar-refractivity contribution in [2.75, 3.05) is 18.1 Å². The standard InChI is InChI=1S/C20H23N3OS2/c1-13-5-7-17(8-6-13)25-10-9-22-19(24)12-26-20-18(11-21)15(3)14(2)16(4)23-20/h5-8H,9-10,12H2,1-4H3,(H,22,24). The zero-order chi connectivity index (χ0) is 19.1. The number of carbonyl (C=O) groups excluding carboxylic acids is 1. The van der Waals surface area contributed by atoms with Crippen molar-refractivity contribution in [3.8, 4) is 6.07 Å². The number of thioether (sulfide) groups is 2. The van der Waals surface area contributed by atoms with Gasteiger partial charge >= 0.3 is 0 Å². The van der Waals surface area contributed by atoms with E-state index in [-0.39, 0.29) is 11.7 Å². The van der Waals surface area contributed by atoms with Crippen molar-refractivity contribution < 1.29 is 4.79 Å². The molecular formula is C20H23N3OS2. The summed E-state index contributed by atoms with van der Waals surface area (Å²) in [7, 11) is 0. The topological polar surface area (TPSA) is 65.8 Å². The number of amides is 1. The Bertz CT molecular complexity index is 826. The van der Waals surface area contributed by atoms with Crippen LogP contribution in [0.5, 0.6) is 0 Å². The van der Waals surface area contributed by atoms with Crippen LogP contribution >= 0.6 is 23.5 Å². The van der Waals surface area contributed by atoms with E-state index in [2.05, 4.69) is 47.6 Å². The average molecular weight is 386 g/mol. The number of nitrogens with zero attached hydrogens (tertiary/aromatic N) is 2. The summed E-state index contributed by atoms with van der Waals surface area (Å²) in [6.45, 7) is 8.49. The quantitative estimate of drug-likeness (QED) is 0.572. The van der Waals surface area contributed by atoms with Crippen LogP contribution in [0.4, 0.5) is 0 Å². The number of hydrogen-bond donors (Lipinski definition) is 1. The first-order chi connectivity index (χ1) is 12.4. The van der Waals surface area contributed by atoms with Crippen LogP contribution in [-0.4, -0.2) is 28.9 Å². The van der Waals surface area contributed by atoms with Gasteiger partial charge in [0.2, 0.25) is 5.91 Å². The smallest absolute Gasteiger partial charge is 0.230 e. The van der Waals surface area contributed by atoms with E-state index in [9.17, 15) is 10.1 Å². The molecule has 1 N–H and O–H groups in total. The SMILES string of the molecule is Cc1ccc(SCCNC(=O)CSc2nc(C)c(C)c(C)c2C#N)cc1. The van der Waals surface area contributed by atoms with Crippen LogP contribution in [0.15, 0.2) is 34.2 Å². The lowest BCUT2D eigenvalue weighted by Crippen LogP contribution is -2.27. The highest BCUT2D eigenvalue weighted by Crippen LogP contribution is 2.26. The van der Waals surface area contributed by atoms with E-state index in [0.717, 1.165) is 22.6 Å². The molecule has 0 radical (unpaired) electrons. The molecule has 1 amide bonds. The first kappa shape index (κ1) is 20.3. The fourth-order valence-electron chi connectivity index (χ4n) is 2.33. The molecule has 2 rings (SSSR count). The van der Waals surface area contributed by atoms with Crippen LogP contribution in [0.1, 0.15) is 27.9 Å². The summed E-state index contributed by atoms with van der Waals surface area (Å²) >= 11 is 3.04. The molecule has 0 saturated heterocycles. The maximum Gasteiger partial charge on any atom is 0.230 e. The Morgan fingerprint density at radius 1 is 1.12 bits per heavy atom. The van der Waals surface area contributed by atoms with Crippen molar-refractivity contribution in [1.82, 2.24) is 10.3 Å². The first-order valence-electron chi connectivity index (χ1n) is 8.39. The van der Waals surface area contributed by atoms with E-state index >= 15 is 0 Å². The molecule has 0 aliphatic rings. The zero-order valence-corrected chi connectivity index (χ0v) is 17.2. The summed E-state index contributed by atoms with van der Waals surface area (Å²) in [5, 5.41) is 12.9. The second-order valence-corrected chi connectivity index (χ2v) is 8.17. The number of nitrogens with one attached hydrogen (secondary N) is 1. The molecule has 6 heteroatoms. The second-order valence-electron chi connectivity index (χ2n) is 6.04. The third-order valence-corrected chi connectivity index (χ3v) is 6.12. The number of aryl methyl sites for hydroxylation is 2. The van der Waals surface area contributed by atoms with E-state index in [0.29, 0.717) is 17.1 Å². The molecule has 0 fully saturated rings. The summed E-state index contributed by atoms with van der Waals surface area (Å²) in [5.41, 5.74) is 4.69. The van der Waals surface area contributed by atoms with Crippen LogP contribution in [0.25, 0.3) is 0 Å². The minimum atomic E-state index is -0.0407. The predicted octanol–water partition coefficient (Wildman–Crippen LogP) is 4.19. The molecule has 0 spiro atoms. The van der Waals surface area contributed by atoms with Crippen LogP contribution in [0, 0.1) is 39.0 Å². The monoisotopic (exact) mass is 385 g/mol. The summed E-state index contributed by atoms with van der Waals surface area (Å²) in [5.74, 6) is 1.05. The van der Waals surface area contributed by atoms with Crippen LogP contribution < -0.4 is 5.32 Å². The highest BCUT2D eigenvalue weighted by atomic mass is 32.2. The number of hydrogen-bond acceptors (Lipinski definition) is 5. The third-order valence-electron chi connectivity index (χ3n) is 4.13. The average Bonchev–Trinajstić information content (AvgIpc) is 2.63. The van der Waals surface area contributed by atoms with Gasteiger partial charge in [0.15, 0.2) is 0 Å². The van der Waals surface area contributed by atoms with E-state index in [1.54, 1.807) is 11.8 Å². The molecule has 1 aromatic carbocycles. The summed E-state index contributed by atoms with van der Waals surface area (Å²) in [4.78, 5) is 17.7. The van der Waals surface area contributed by atoms with Gasteiger partial charge in [-0.3, -0.25) is 4.79 Å². The lowest BCUT2D eigenvalue weighted by molar-refractivity contribution is -0.118. The molecule has 1 aromatic heterocycles. The maximum atomic E-state index is 12.1. The Morgan fingerprint density at radius 3 is 2.46 bits per heavy atom. The predicted molar refractivity (Wildman–Crippen MR) is 109 cm³/mol. The lowest BCUT2D eigenvalue weighted by atomic mass is 10.1. The minimum Gasteiger partial charge on any atom is -0.355 e. The number of benzene rings is 1. The molecular weight excluding hydrogens is 362 g/mol. The molecule has 2 aromatic rings. The van der Waals surface area contributed by atoms with Crippen molar-refractivity contribution in [1.29, 1.82) is 5.26 Å². The lowest BCUT2D eigenvalue weighted by Gasteiger charge is -2.11. The summed E-state index contributed by atoms with van der Waals surface area (Å²) < 4.78 is 0. The molecule has 26 heavy (non-hydrogen) atoms. The van der Waals surface area contributed by atoms with E-state index in [1.165, 1.54) is 22.2 Å². The van der Waals surface area contributed by atoms with Gasteiger partial charge in [-0.05, 0) is 51.0 Å². The number of pyridine rings is 1. The first-order valence-corrected chi connectivity index (χ1v) is 10.4. The molecule has 0 aliphatic carbocycles. The highest BCUT2D eigenvalue weighted by molar-refractivity contribution is 8.00. The van der Waals surface area contributed by atoms with E-state index in [1.807, 2.05) is 20.8 Å². The molecule has 0 saturated carbocycles. The van der Waals surface area contributed by atoms with Crippen molar-refractivity contribution in [3.05, 3.63) is 52.2 Å². The Balaban J connectivity index is 1.80. The van der Waals surface area contributed by atoms with E-state index < -0.39 is 0 Å². The van der Waals surface area contributed by atoms with Gasteiger partial charge in [0, 0.05) is 22.9 Å². The van der Waals surface area contributed by atoms with Crippen molar-refractivity contribution in [2.24, 2.45) is 0 Å². The second kappa shape index (κ2) is 9.65. The molecule has 0 bridgehead atoms. The van der Waals surface area contributed by atoms with Gasteiger partial charge in [0.1, 0.15) is 11.1 Å². The van der Waals surface area contributed by atoms with Gasteiger partial charge in [-0.2, -0.15) is 5.26 Å². The maximum absolute atomic E-state index is 12.1. The number of carbonyl (C=O) groups is 1. The Hall–Kier alpha value is -1.97. The van der Waals surface area contributed by atoms with Crippen molar-refractivity contribution >= 4 is 29.4 Å². The van der Waals surface area contributed by atoms with Gasteiger partial charge in [-0.25, -0.2) is 4.98 Å². The Labute approximate surface area is 163 Å². The van der Waals surface area contributed by atoms with Gasteiger partial charge in [0.05, 0.1) is 11.3 Å². The minimum absolute atomic E-state index is 0.0407. The normalized spacial score (nSPS) is 10.4. The fourth-order valence-corrected chi connectivity index (χ4v) is 4.01. The molecule has 0 atom stereocenters. The summed E-state index contributed by atoms with van der Waals surface area (Å²) in [6.07, 6.45) is 0. The van der Waals surface area contributed by atoms with Gasteiger partial charge in [-0.15, -0.1) is 11.8 Å². The Kier molecular flexibility index (Phi) is 7.55. The van der Waals surface area contributed by atoms with Gasteiger partial charge < -0.3 is 5.32 Å². The van der Waals surface area contributed by atoms with Crippen LogP contribution in [-0.2, 0) is 4.79 Å². The molecule has 1 heterocycles. The zero-order valence-electron chi connectivity index (χ0n) is 15.5. The van der Waals surface area contributed by atoms with Crippen molar-refractivity contribution in [2.45, 2.75) is 37.6 Å². The molecule has 136 valence electrons. The number of aromatic nitrogens is 1. The molecule has 0 unspecified atom stereocenters. The number of rotatable bonds is 7. The number of nitriles is 1. The fraction of sp³-hybridized carbons (Fsp3) is 0.350. The van der Waals surface area contributed by atoms with Crippen LogP contribution in [0.2, 0.25) is 0 Å². The van der Waals surface area contributed by atoms with Crippen molar-refractivity contribution in [3.63, 3.8) is 0 Å². The highest BCUT2D eigenvalue weighted by Gasteiger charge is 2.14. The summed E-state index contributed by atoms with van der Waals surface area (Å²) in [6, 6.07) is 10.6. The molecule has 0 aliphatic heterocycles.